The van der Waals surface area contributed by atoms with Crippen molar-refractivity contribution in [1.29, 1.82) is 0 Å². The molecule has 1 aromatic rings. The van der Waals surface area contributed by atoms with Crippen LogP contribution in [0.15, 0.2) is 48.1 Å². The number of rotatable bonds is 8. The maximum Gasteiger partial charge on any atom is 0.303 e. The molecule has 1 fully saturated rings. The number of carboxylic acid groups (broad SMARTS) is 1. The van der Waals surface area contributed by atoms with Crippen molar-refractivity contribution in [3.8, 4) is 0 Å². The molecule has 0 spiro atoms. The van der Waals surface area contributed by atoms with Gasteiger partial charge in [-0.3, -0.25) is 4.79 Å². The van der Waals surface area contributed by atoms with E-state index in [-0.39, 0.29) is 18.4 Å². The van der Waals surface area contributed by atoms with E-state index in [2.05, 4.69) is 6.08 Å². The van der Waals surface area contributed by atoms with Crippen molar-refractivity contribution in [3.63, 3.8) is 0 Å². The van der Waals surface area contributed by atoms with Crippen LogP contribution in [0.25, 0.3) is 0 Å². The molecule has 0 aromatic heterocycles. The zero-order valence-electron chi connectivity index (χ0n) is 15.9. The Kier molecular flexibility index (Phi) is 6.51. The van der Waals surface area contributed by atoms with E-state index in [0.29, 0.717) is 11.8 Å². The molecule has 2 aliphatic carbocycles. The van der Waals surface area contributed by atoms with Crippen molar-refractivity contribution in [1.82, 2.24) is 0 Å². The fraction of sp³-hybridized carbons (Fsp3) is 0.522. The molecule has 0 radical (unpaired) electrons. The summed E-state index contributed by atoms with van der Waals surface area (Å²) in [4.78, 5) is 10.6. The largest absolute Gasteiger partial charge is 0.481 e. The Bertz CT molecular complexity index is 721. The molecule has 0 aliphatic heterocycles. The Morgan fingerprint density at radius 1 is 1.33 bits per heavy atom. The van der Waals surface area contributed by atoms with Crippen molar-refractivity contribution in [3.05, 3.63) is 59.2 Å². The standard InChI is InChI=1S/C23H30O4/c1-15-5-4-7-17(11-15)21(24)10-9-19-20-13-16(6-2-3-8-23(26)27)12-18(20)14-22(19)25/h4-5,7,9-12,18-22,24-25H,2-3,6,8,13-14H2,1H3,(H,26,27)/b10-9+/t18-,19+,20-,21+,22+/m0/s1. The molecule has 1 saturated carbocycles. The fourth-order valence-electron chi connectivity index (χ4n) is 4.62. The number of hydrogen-bond donors (Lipinski definition) is 3. The first-order valence-electron chi connectivity index (χ1n) is 9.96. The number of hydrogen-bond acceptors (Lipinski definition) is 3. The lowest BCUT2D eigenvalue weighted by Crippen LogP contribution is -2.17. The lowest BCUT2D eigenvalue weighted by Gasteiger charge is -2.19. The molecule has 0 bridgehead atoms. The van der Waals surface area contributed by atoms with Crippen LogP contribution in [0.4, 0.5) is 0 Å². The fourth-order valence-corrected chi connectivity index (χ4v) is 4.62. The van der Waals surface area contributed by atoms with Crippen LogP contribution >= 0.6 is 0 Å². The van der Waals surface area contributed by atoms with Gasteiger partial charge >= 0.3 is 5.97 Å². The predicted molar refractivity (Wildman–Crippen MR) is 105 cm³/mol. The summed E-state index contributed by atoms with van der Waals surface area (Å²) in [6.45, 7) is 2.01. The number of aliphatic hydroxyl groups excluding tert-OH is 2. The molecular formula is C23H30O4. The minimum atomic E-state index is -0.729. The van der Waals surface area contributed by atoms with Crippen molar-refractivity contribution >= 4 is 5.97 Å². The molecule has 4 nitrogen and oxygen atoms in total. The number of unbranched alkanes of at least 4 members (excludes halogenated alkanes) is 1. The van der Waals surface area contributed by atoms with Crippen LogP contribution in [-0.4, -0.2) is 27.4 Å². The van der Waals surface area contributed by atoms with Gasteiger partial charge in [0.15, 0.2) is 0 Å². The summed E-state index contributed by atoms with van der Waals surface area (Å²) in [5.74, 6) is 0.144. The van der Waals surface area contributed by atoms with Crippen LogP contribution in [0.1, 0.15) is 55.8 Å². The third-order valence-corrected chi connectivity index (χ3v) is 5.99. The monoisotopic (exact) mass is 370 g/mol. The average Bonchev–Trinajstić information content (AvgIpc) is 3.13. The molecule has 5 atom stereocenters. The number of benzene rings is 1. The molecule has 0 heterocycles. The lowest BCUT2D eigenvalue weighted by molar-refractivity contribution is -0.137. The van der Waals surface area contributed by atoms with E-state index in [0.717, 1.165) is 43.2 Å². The minimum absolute atomic E-state index is 0.0715. The number of carbonyl (C=O) groups is 1. The van der Waals surface area contributed by atoms with Gasteiger partial charge in [-0.15, -0.1) is 0 Å². The second-order valence-corrected chi connectivity index (χ2v) is 8.08. The highest BCUT2D eigenvalue weighted by molar-refractivity contribution is 5.66. The lowest BCUT2D eigenvalue weighted by atomic mass is 9.88. The maximum absolute atomic E-state index is 10.6. The van der Waals surface area contributed by atoms with Gasteiger partial charge < -0.3 is 15.3 Å². The number of aryl methyl sites for hydroxylation is 1. The van der Waals surface area contributed by atoms with E-state index in [9.17, 15) is 15.0 Å². The summed E-state index contributed by atoms with van der Waals surface area (Å²) in [5, 5.41) is 29.6. The van der Waals surface area contributed by atoms with Gasteiger partial charge in [0.05, 0.1) is 12.2 Å². The summed E-state index contributed by atoms with van der Waals surface area (Å²) >= 11 is 0. The van der Waals surface area contributed by atoms with Gasteiger partial charge in [-0.25, -0.2) is 0 Å². The quantitative estimate of drug-likeness (QED) is 0.474. The molecular weight excluding hydrogens is 340 g/mol. The number of carboxylic acids is 1. The van der Waals surface area contributed by atoms with Crippen LogP contribution < -0.4 is 0 Å². The number of aliphatic carboxylic acids is 1. The highest BCUT2D eigenvalue weighted by Gasteiger charge is 2.43. The van der Waals surface area contributed by atoms with Crippen molar-refractivity contribution in [2.24, 2.45) is 17.8 Å². The van der Waals surface area contributed by atoms with E-state index in [1.807, 2.05) is 43.3 Å². The van der Waals surface area contributed by atoms with Gasteiger partial charge in [-0.2, -0.15) is 0 Å². The molecule has 3 N–H and O–H groups in total. The van der Waals surface area contributed by atoms with E-state index >= 15 is 0 Å². The summed E-state index contributed by atoms with van der Waals surface area (Å²) in [5.41, 5.74) is 3.40. The van der Waals surface area contributed by atoms with Crippen molar-refractivity contribution < 1.29 is 20.1 Å². The third-order valence-electron chi connectivity index (χ3n) is 5.99. The molecule has 3 rings (SSSR count). The highest BCUT2D eigenvalue weighted by atomic mass is 16.4. The van der Waals surface area contributed by atoms with Gasteiger partial charge in [0, 0.05) is 12.3 Å². The summed E-state index contributed by atoms with van der Waals surface area (Å²) in [6, 6.07) is 7.85. The third kappa shape index (κ3) is 5.08. The van der Waals surface area contributed by atoms with Gasteiger partial charge in [0.2, 0.25) is 0 Å². The average molecular weight is 370 g/mol. The van der Waals surface area contributed by atoms with E-state index < -0.39 is 12.1 Å². The van der Waals surface area contributed by atoms with Crippen LogP contribution in [0.2, 0.25) is 0 Å². The maximum atomic E-state index is 10.6. The van der Waals surface area contributed by atoms with E-state index in [1.165, 1.54) is 5.57 Å². The molecule has 1 aromatic carbocycles. The Morgan fingerprint density at radius 3 is 2.89 bits per heavy atom. The van der Waals surface area contributed by atoms with Crippen LogP contribution in [0.5, 0.6) is 0 Å². The van der Waals surface area contributed by atoms with E-state index in [4.69, 9.17) is 5.11 Å². The predicted octanol–water partition coefficient (Wildman–Crippen LogP) is 4.17. The Hall–Kier alpha value is -1.91. The summed E-state index contributed by atoms with van der Waals surface area (Å²) in [6.07, 6.45) is 9.69. The van der Waals surface area contributed by atoms with Gasteiger partial charge in [0.1, 0.15) is 0 Å². The van der Waals surface area contributed by atoms with Crippen molar-refractivity contribution in [2.45, 2.75) is 57.7 Å². The second-order valence-electron chi connectivity index (χ2n) is 8.08. The number of aliphatic hydroxyl groups is 2. The SMILES string of the molecule is Cc1cccc([C@H](O)/C=C/[C@@H]2[C@H]3CC(CCCCC(=O)O)=C[C@H]3C[C@H]2O)c1. The minimum Gasteiger partial charge on any atom is -0.481 e. The summed E-state index contributed by atoms with van der Waals surface area (Å²) in [7, 11) is 0. The summed E-state index contributed by atoms with van der Waals surface area (Å²) < 4.78 is 0. The smallest absolute Gasteiger partial charge is 0.303 e. The molecule has 0 unspecified atom stereocenters. The Morgan fingerprint density at radius 2 is 2.15 bits per heavy atom. The molecule has 0 amide bonds. The van der Waals surface area contributed by atoms with Crippen LogP contribution in [0.3, 0.4) is 0 Å². The van der Waals surface area contributed by atoms with Gasteiger partial charge in [0.25, 0.3) is 0 Å². The number of allylic oxidation sites excluding steroid dienone is 2. The molecule has 2 aliphatic rings. The Labute approximate surface area is 161 Å². The van der Waals surface area contributed by atoms with Crippen LogP contribution in [0, 0.1) is 24.7 Å². The van der Waals surface area contributed by atoms with E-state index in [1.54, 1.807) is 0 Å². The molecule has 146 valence electrons. The second kappa shape index (κ2) is 8.85. The zero-order valence-corrected chi connectivity index (χ0v) is 15.9. The van der Waals surface area contributed by atoms with Crippen LogP contribution in [-0.2, 0) is 4.79 Å². The zero-order chi connectivity index (χ0) is 19.4. The topological polar surface area (TPSA) is 77.8 Å². The highest BCUT2D eigenvalue weighted by Crippen LogP contribution is 2.48. The first-order valence-corrected chi connectivity index (χ1v) is 9.96. The first-order chi connectivity index (χ1) is 12.9. The molecule has 27 heavy (non-hydrogen) atoms. The van der Waals surface area contributed by atoms with Crippen molar-refractivity contribution in [2.75, 3.05) is 0 Å². The van der Waals surface area contributed by atoms with Gasteiger partial charge in [-0.05, 0) is 56.4 Å². The van der Waals surface area contributed by atoms with Gasteiger partial charge in [-0.1, -0.05) is 53.6 Å². The first kappa shape index (κ1) is 19.8. The number of fused-ring (bicyclic) bond motifs is 1. The molecule has 0 saturated heterocycles. The molecule has 4 heteroatoms. The normalized spacial score (nSPS) is 28.3. The Balaban J connectivity index is 1.56.